The number of carbonyl (C=O) groups excluding carboxylic acids is 2. The molecular formula is C19H27O7S-. The molecule has 5 aliphatic carbocycles. The molecule has 0 N–H and O–H groups in total. The first-order valence-corrected chi connectivity index (χ1v) is 11.5. The highest BCUT2D eigenvalue weighted by Crippen LogP contribution is 2.58. The fraction of sp³-hybridized carbons (Fsp3) is 0.895. The molecule has 152 valence electrons. The molecule has 4 bridgehead atoms. The van der Waals surface area contributed by atoms with Crippen LogP contribution in [0.1, 0.15) is 64.7 Å². The lowest BCUT2D eigenvalue weighted by Gasteiger charge is -2.58. The van der Waals surface area contributed by atoms with Gasteiger partial charge in [0.2, 0.25) is 0 Å². The van der Waals surface area contributed by atoms with Crippen molar-refractivity contribution in [3.8, 4) is 0 Å². The lowest BCUT2D eigenvalue weighted by Crippen LogP contribution is -2.59. The van der Waals surface area contributed by atoms with E-state index in [-0.39, 0.29) is 54.2 Å². The van der Waals surface area contributed by atoms with Crippen LogP contribution in [0.2, 0.25) is 0 Å². The SMILES string of the molecule is CC(=O)OC12CC3CC(C1)C(OC(=O)C1CCC(S(=O)(=O)[O-])CC1)C(C3)C2. The quantitative estimate of drug-likeness (QED) is 0.526. The van der Waals surface area contributed by atoms with Crippen molar-refractivity contribution < 1.29 is 32.0 Å². The number of hydrogen-bond donors (Lipinski definition) is 0. The van der Waals surface area contributed by atoms with Crippen molar-refractivity contribution in [3.05, 3.63) is 0 Å². The van der Waals surface area contributed by atoms with Gasteiger partial charge in [-0.05, 0) is 63.7 Å². The zero-order valence-electron chi connectivity index (χ0n) is 15.6. The van der Waals surface area contributed by atoms with Crippen molar-refractivity contribution in [2.45, 2.75) is 81.7 Å². The number of esters is 2. The Labute approximate surface area is 159 Å². The molecule has 0 aromatic carbocycles. The molecular weight excluding hydrogens is 372 g/mol. The monoisotopic (exact) mass is 399 g/mol. The molecule has 0 aromatic heterocycles. The molecule has 8 heteroatoms. The summed E-state index contributed by atoms with van der Waals surface area (Å²) in [4.78, 5) is 24.2. The molecule has 27 heavy (non-hydrogen) atoms. The minimum absolute atomic E-state index is 0.126. The van der Waals surface area contributed by atoms with Crippen molar-refractivity contribution in [1.82, 2.24) is 0 Å². The Balaban J connectivity index is 1.37. The molecule has 5 rings (SSSR count). The molecule has 7 nitrogen and oxygen atoms in total. The first-order chi connectivity index (χ1) is 12.7. The lowest BCUT2D eigenvalue weighted by atomic mass is 9.53. The van der Waals surface area contributed by atoms with E-state index < -0.39 is 15.4 Å². The van der Waals surface area contributed by atoms with Crippen molar-refractivity contribution in [3.63, 3.8) is 0 Å². The van der Waals surface area contributed by atoms with Crippen LogP contribution in [0.15, 0.2) is 0 Å². The average Bonchev–Trinajstić information content (AvgIpc) is 2.55. The van der Waals surface area contributed by atoms with Gasteiger partial charge in [0, 0.05) is 24.0 Å². The number of hydrogen-bond acceptors (Lipinski definition) is 7. The van der Waals surface area contributed by atoms with Crippen molar-refractivity contribution >= 4 is 22.1 Å². The van der Waals surface area contributed by atoms with Crippen LogP contribution in [-0.2, 0) is 29.2 Å². The van der Waals surface area contributed by atoms with Crippen LogP contribution in [0.5, 0.6) is 0 Å². The smallest absolute Gasteiger partial charge is 0.309 e. The summed E-state index contributed by atoms with van der Waals surface area (Å²) in [6.07, 6.45) is 5.61. The van der Waals surface area contributed by atoms with Gasteiger partial charge in [0.15, 0.2) is 0 Å². The summed E-state index contributed by atoms with van der Waals surface area (Å²) in [6.45, 7) is 1.45. The maximum atomic E-state index is 12.7. The van der Waals surface area contributed by atoms with E-state index in [1.54, 1.807) is 0 Å². The standard InChI is InChI=1S/C19H28O7S/c1-11(20)26-19-8-12-6-14(9-19)17(15(7-12)10-19)25-18(21)13-2-4-16(5-3-13)27(22,23)24/h12-17H,2-10H2,1H3,(H,22,23,24)/p-1. The minimum Gasteiger partial charge on any atom is -0.748 e. The Morgan fingerprint density at radius 1 is 1.00 bits per heavy atom. The topological polar surface area (TPSA) is 110 Å². The Hall–Kier alpha value is -1.15. The average molecular weight is 399 g/mol. The maximum Gasteiger partial charge on any atom is 0.309 e. The van der Waals surface area contributed by atoms with Crippen LogP contribution < -0.4 is 0 Å². The summed E-state index contributed by atoms with van der Waals surface area (Å²) in [5.74, 6) is 0.194. The largest absolute Gasteiger partial charge is 0.748 e. The Morgan fingerprint density at radius 3 is 2.11 bits per heavy atom. The summed E-state index contributed by atoms with van der Waals surface area (Å²) in [5.41, 5.74) is -0.369. The van der Waals surface area contributed by atoms with E-state index in [9.17, 15) is 22.6 Å². The molecule has 0 aliphatic heterocycles. The molecule has 5 fully saturated rings. The van der Waals surface area contributed by atoms with Crippen molar-refractivity contribution in [1.29, 1.82) is 0 Å². The second kappa shape index (κ2) is 6.72. The predicted molar refractivity (Wildman–Crippen MR) is 93.4 cm³/mol. The molecule has 0 aromatic rings. The first-order valence-electron chi connectivity index (χ1n) is 10.00. The molecule has 0 heterocycles. The number of rotatable bonds is 4. The minimum atomic E-state index is -4.28. The van der Waals surface area contributed by atoms with E-state index in [2.05, 4.69) is 0 Å². The van der Waals surface area contributed by atoms with Crippen molar-refractivity contribution in [2.75, 3.05) is 0 Å². The van der Waals surface area contributed by atoms with Gasteiger partial charge in [0.05, 0.1) is 16.0 Å². The zero-order valence-corrected chi connectivity index (χ0v) is 16.4. The highest BCUT2D eigenvalue weighted by atomic mass is 32.2. The summed E-state index contributed by atoms with van der Waals surface area (Å²) >= 11 is 0. The lowest BCUT2D eigenvalue weighted by molar-refractivity contribution is -0.216. The molecule has 0 saturated heterocycles. The van der Waals surface area contributed by atoms with Gasteiger partial charge in [-0.25, -0.2) is 8.42 Å². The molecule has 5 aliphatic rings. The molecule has 0 radical (unpaired) electrons. The Kier molecular flexibility index (Phi) is 4.78. The fourth-order valence-electron chi connectivity index (χ4n) is 6.34. The Bertz CT molecular complexity index is 706. The van der Waals surface area contributed by atoms with E-state index in [1.807, 2.05) is 0 Å². The van der Waals surface area contributed by atoms with Crippen LogP contribution in [0.3, 0.4) is 0 Å². The van der Waals surface area contributed by atoms with Gasteiger partial charge in [-0.3, -0.25) is 9.59 Å². The van der Waals surface area contributed by atoms with E-state index in [0.29, 0.717) is 18.8 Å². The van der Waals surface area contributed by atoms with Crippen molar-refractivity contribution in [2.24, 2.45) is 23.7 Å². The third-order valence-electron chi connectivity index (χ3n) is 7.16. The third-order valence-corrected chi connectivity index (χ3v) is 8.45. The number of carbonyl (C=O) groups is 2. The summed E-state index contributed by atoms with van der Waals surface area (Å²) in [7, 11) is -4.28. The van der Waals surface area contributed by atoms with E-state index in [4.69, 9.17) is 9.47 Å². The second-order valence-corrected chi connectivity index (χ2v) is 10.8. The summed E-state index contributed by atoms with van der Waals surface area (Å²) in [6, 6.07) is 0. The van der Waals surface area contributed by atoms with Crippen LogP contribution in [-0.4, -0.2) is 41.9 Å². The zero-order chi connectivity index (χ0) is 19.4. The van der Waals surface area contributed by atoms with Gasteiger partial charge in [-0.15, -0.1) is 0 Å². The normalized spacial score (nSPS) is 43.3. The van der Waals surface area contributed by atoms with E-state index in [0.717, 1.165) is 32.1 Å². The first kappa shape index (κ1) is 19.2. The van der Waals surface area contributed by atoms with Gasteiger partial charge in [0.1, 0.15) is 11.7 Å². The highest BCUT2D eigenvalue weighted by molar-refractivity contribution is 7.86. The van der Waals surface area contributed by atoms with Crippen LogP contribution in [0.4, 0.5) is 0 Å². The third kappa shape index (κ3) is 3.75. The summed E-state index contributed by atoms with van der Waals surface area (Å²) < 4.78 is 45.1. The summed E-state index contributed by atoms with van der Waals surface area (Å²) in [5, 5.41) is -0.869. The van der Waals surface area contributed by atoms with Gasteiger partial charge >= 0.3 is 11.9 Å². The van der Waals surface area contributed by atoms with Gasteiger partial charge in [-0.2, -0.15) is 0 Å². The van der Waals surface area contributed by atoms with Crippen LogP contribution in [0.25, 0.3) is 0 Å². The number of ether oxygens (including phenoxy) is 2. The molecule has 2 atom stereocenters. The Morgan fingerprint density at radius 2 is 1.59 bits per heavy atom. The molecule has 0 amide bonds. The van der Waals surface area contributed by atoms with Gasteiger partial charge in [0.25, 0.3) is 0 Å². The highest BCUT2D eigenvalue weighted by Gasteiger charge is 2.58. The fourth-order valence-corrected chi connectivity index (χ4v) is 7.19. The molecule has 2 unspecified atom stereocenters. The van der Waals surface area contributed by atoms with Crippen LogP contribution >= 0.6 is 0 Å². The van der Waals surface area contributed by atoms with Crippen LogP contribution in [0, 0.1) is 23.7 Å². The van der Waals surface area contributed by atoms with Gasteiger partial charge < -0.3 is 14.0 Å². The van der Waals surface area contributed by atoms with E-state index >= 15 is 0 Å². The second-order valence-electron chi connectivity index (χ2n) is 9.11. The van der Waals surface area contributed by atoms with E-state index in [1.165, 1.54) is 6.92 Å². The van der Waals surface area contributed by atoms with Gasteiger partial charge in [-0.1, -0.05) is 0 Å². The molecule has 5 saturated carbocycles. The molecule has 0 spiro atoms. The maximum absolute atomic E-state index is 12.7. The predicted octanol–water partition coefficient (Wildman–Crippen LogP) is 2.14.